The average Bonchev–Trinajstić information content (AvgIpc) is 2.74. The van der Waals surface area contributed by atoms with Crippen LogP contribution >= 0.6 is 11.6 Å². The molecule has 150 valence electrons. The Hall–Kier alpha value is -2.87. The van der Waals surface area contributed by atoms with Crippen LogP contribution in [0.15, 0.2) is 83.8 Å². The van der Waals surface area contributed by atoms with Crippen LogP contribution in [0.2, 0.25) is 5.02 Å². The number of nitrogens with one attached hydrogen (secondary N) is 2. The number of amides is 1. The highest BCUT2D eigenvalue weighted by molar-refractivity contribution is 7.89. The summed E-state index contributed by atoms with van der Waals surface area (Å²) in [5, 5.41) is 3.26. The predicted molar refractivity (Wildman–Crippen MR) is 112 cm³/mol. The number of halogens is 1. The zero-order chi connectivity index (χ0) is 20.7. The number of ether oxygens (including phenoxy) is 1. The van der Waals surface area contributed by atoms with Crippen LogP contribution in [-0.4, -0.2) is 20.9 Å². The predicted octanol–water partition coefficient (Wildman–Crippen LogP) is 3.84. The lowest BCUT2D eigenvalue weighted by atomic mass is 10.2. The summed E-state index contributed by atoms with van der Waals surface area (Å²) in [7, 11) is -3.65. The number of hydrogen-bond donors (Lipinski definition) is 2. The zero-order valence-electron chi connectivity index (χ0n) is 15.3. The summed E-state index contributed by atoms with van der Waals surface area (Å²) in [5.74, 6) is 0.0480. The summed E-state index contributed by atoms with van der Waals surface area (Å²) in [4.78, 5) is 12.1. The van der Waals surface area contributed by atoms with E-state index in [2.05, 4.69) is 10.0 Å². The van der Waals surface area contributed by atoms with E-state index in [9.17, 15) is 13.2 Å². The van der Waals surface area contributed by atoms with Crippen LogP contribution in [0, 0.1) is 0 Å². The van der Waals surface area contributed by atoms with Gasteiger partial charge in [0.2, 0.25) is 10.0 Å². The van der Waals surface area contributed by atoms with E-state index in [1.165, 1.54) is 24.3 Å². The van der Waals surface area contributed by atoms with Gasteiger partial charge in [-0.15, -0.1) is 0 Å². The van der Waals surface area contributed by atoms with Crippen molar-refractivity contribution in [2.75, 3.05) is 11.9 Å². The summed E-state index contributed by atoms with van der Waals surface area (Å²) in [6.07, 6.45) is 0. The number of rotatable bonds is 8. The SMILES string of the molecule is O=C(COc1ccc(S(=O)(=O)NCc2ccccc2)cc1)Nc1ccc(Cl)cc1. The van der Waals surface area contributed by atoms with Gasteiger partial charge in [-0.1, -0.05) is 41.9 Å². The van der Waals surface area contributed by atoms with Gasteiger partial charge in [0.25, 0.3) is 5.91 Å². The Labute approximate surface area is 174 Å². The molecule has 0 radical (unpaired) electrons. The molecule has 2 N–H and O–H groups in total. The van der Waals surface area contributed by atoms with Gasteiger partial charge in [-0.05, 0) is 54.1 Å². The van der Waals surface area contributed by atoms with E-state index in [0.29, 0.717) is 16.5 Å². The highest BCUT2D eigenvalue weighted by atomic mass is 35.5. The fourth-order valence-corrected chi connectivity index (χ4v) is 3.60. The van der Waals surface area contributed by atoms with Gasteiger partial charge in [0.1, 0.15) is 5.75 Å². The van der Waals surface area contributed by atoms with E-state index in [0.717, 1.165) is 5.56 Å². The van der Waals surface area contributed by atoms with Gasteiger partial charge < -0.3 is 10.1 Å². The molecule has 0 bridgehead atoms. The maximum absolute atomic E-state index is 12.4. The van der Waals surface area contributed by atoms with Crippen LogP contribution in [0.5, 0.6) is 5.75 Å². The first-order valence-electron chi connectivity index (χ1n) is 8.74. The molecule has 3 rings (SSSR count). The zero-order valence-corrected chi connectivity index (χ0v) is 16.9. The van der Waals surface area contributed by atoms with Crippen molar-refractivity contribution in [3.05, 3.63) is 89.4 Å². The molecule has 0 spiro atoms. The fraction of sp³-hybridized carbons (Fsp3) is 0.0952. The smallest absolute Gasteiger partial charge is 0.262 e. The van der Waals surface area contributed by atoms with Crippen molar-refractivity contribution in [3.63, 3.8) is 0 Å². The topological polar surface area (TPSA) is 84.5 Å². The molecule has 0 fully saturated rings. The lowest BCUT2D eigenvalue weighted by Crippen LogP contribution is -2.23. The molecule has 3 aromatic rings. The van der Waals surface area contributed by atoms with Gasteiger partial charge in [-0.3, -0.25) is 4.79 Å². The monoisotopic (exact) mass is 430 g/mol. The molecule has 0 aliphatic rings. The van der Waals surface area contributed by atoms with Crippen molar-refractivity contribution >= 4 is 33.2 Å². The minimum Gasteiger partial charge on any atom is -0.484 e. The van der Waals surface area contributed by atoms with E-state index >= 15 is 0 Å². The number of carbonyl (C=O) groups is 1. The number of anilines is 1. The Balaban J connectivity index is 1.52. The number of hydrogen-bond acceptors (Lipinski definition) is 4. The van der Waals surface area contributed by atoms with Gasteiger partial charge in [0, 0.05) is 17.3 Å². The molecule has 6 nitrogen and oxygen atoms in total. The number of carbonyl (C=O) groups excluding carboxylic acids is 1. The highest BCUT2D eigenvalue weighted by Gasteiger charge is 2.14. The van der Waals surface area contributed by atoms with Crippen molar-refractivity contribution in [2.45, 2.75) is 11.4 Å². The van der Waals surface area contributed by atoms with Crippen molar-refractivity contribution in [3.8, 4) is 5.75 Å². The molecule has 3 aromatic carbocycles. The largest absolute Gasteiger partial charge is 0.484 e. The average molecular weight is 431 g/mol. The third-order valence-corrected chi connectivity index (χ3v) is 5.61. The van der Waals surface area contributed by atoms with Gasteiger partial charge in [-0.25, -0.2) is 13.1 Å². The van der Waals surface area contributed by atoms with Crippen molar-refractivity contribution in [2.24, 2.45) is 0 Å². The number of benzene rings is 3. The summed E-state index contributed by atoms with van der Waals surface area (Å²) in [6, 6.07) is 21.8. The fourth-order valence-electron chi connectivity index (χ4n) is 2.45. The van der Waals surface area contributed by atoms with Gasteiger partial charge in [-0.2, -0.15) is 0 Å². The summed E-state index contributed by atoms with van der Waals surface area (Å²) in [5.41, 5.74) is 1.47. The summed E-state index contributed by atoms with van der Waals surface area (Å²) >= 11 is 5.80. The van der Waals surface area contributed by atoms with Crippen molar-refractivity contribution in [1.29, 1.82) is 0 Å². The Bertz CT molecular complexity index is 1050. The summed E-state index contributed by atoms with van der Waals surface area (Å²) in [6.45, 7) is -0.00667. The molecule has 1 amide bonds. The Morgan fingerprint density at radius 2 is 1.55 bits per heavy atom. The van der Waals surface area contributed by atoms with Crippen LogP contribution < -0.4 is 14.8 Å². The molecule has 0 saturated heterocycles. The second-order valence-electron chi connectivity index (χ2n) is 6.13. The molecule has 29 heavy (non-hydrogen) atoms. The third-order valence-electron chi connectivity index (χ3n) is 3.94. The molecule has 0 unspecified atom stereocenters. The van der Waals surface area contributed by atoms with E-state index < -0.39 is 10.0 Å². The second-order valence-corrected chi connectivity index (χ2v) is 8.33. The molecule has 0 heterocycles. The lowest BCUT2D eigenvalue weighted by molar-refractivity contribution is -0.118. The van der Waals surface area contributed by atoms with E-state index in [1.54, 1.807) is 24.3 Å². The molecule has 0 atom stereocenters. The van der Waals surface area contributed by atoms with Crippen LogP contribution in [-0.2, 0) is 21.4 Å². The van der Waals surface area contributed by atoms with Crippen molar-refractivity contribution < 1.29 is 17.9 Å². The van der Waals surface area contributed by atoms with E-state index in [4.69, 9.17) is 16.3 Å². The van der Waals surface area contributed by atoms with Gasteiger partial charge in [0.05, 0.1) is 4.90 Å². The van der Waals surface area contributed by atoms with Gasteiger partial charge >= 0.3 is 0 Å². The quantitative estimate of drug-likeness (QED) is 0.568. The molecular formula is C21H19ClN2O4S. The first-order valence-corrected chi connectivity index (χ1v) is 10.6. The Morgan fingerprint density at radius 1 is 0.897 bits per heavy atom. The minimum atomic E-state index is -3.65. The molecule has 8 heteroatoms. The lowest BCUT2D eigenvalue weighted by Gasteiger charge is -2.09. The molecular weight excluding hydrogens is 412 g/mol. The first kappa shape index (κ1) is 20.9. The maximum atomic E-state index is 12.4. The first-order chi connectivity index (χ1) is 13.9. The number of sulfonamides is 1. The van der Waals surface area contributed by atoms with Crippen LogP contribution in [0.3, 0.4) is 0 Å². The molecule has 0 aliphatic carbocycles. The van der Waals surface area contributed by atoms with E-state index in [1.807, 2.05) is 30.3 Å². The van der Waals surface area contributed by atoms with Crippen LogP contribution in [0.25, 0.3) is 0 Å². The van der Waals surface area contributed by atoms with E-state index in [-0.39, 0.29) is 24.0 Å². The maximum Gasteiger partial charge on any atom is 0.262 e. The molecule has 0 aromatic heterocycles. The Morgan fingerprint density at radius 3 is 2.21 bits per heavy atom. The molecule has 0 saturated carbocycles. The van der Waals surface area contributed by atoms with Crippen LogP contribution in [0.1, 0.15) is 5.56 Å². The standard InChI is InChI=1S/C21H19ClN2O4S/c22-17-6-8-18(9-7-17)24-21(25)15-28-19-10-12-20(13-11-19)29(26,27)23-14-16-4-2-1-3-5-16/h1-13,23H,14-15H2,(H,24,25). The second kappa shape index (κ2) is 9.56. The third kappa shape index (κ3) is 6.32. The highest BCUT2D eigenvalue weighted by Crippen LogP contribution is 2.17. The van der Waals surface area contributed by atoms with Gasteiger partial charge in [0.15, 0.2) is 6.61 Å². The normalized spacial score (nSPS) is 11.1. The minimum absolute atomic E-state index is 0.117. The van der Waals surface area contributed by atoms with Crippen LogP contribution in [0.4, 0.5) is 5.69 Å². The molecule has 0 aliphatic heterocycles. The summed E-state index contributed by atoms with van der Waals surface area (Å²) < 4.78 is 32.7. The van der Waals surface area contributed by atoms with Crippen molar-refractivity contribution in [1.82, 2.24) is 4.72 Å². The Kier molecular flexibility index (Phi) is 6.87.